The van der Waals surface area contributed by atoms with Crippen LogP contribution in [0, 0.1) is 5.92 Å². The summed E-state index contributed by atoms with van der Waals surface area (Å²) in [4.78, 5) is 0. The van der Waals surface area contributed by atoms with Crippen LogP contribution in [0.3, 0.4) is 0 Å². The Morgan fingerprint density at radius 3 is 2.14 bits per heavy atom. The Hall–Kier alpha value is -0.780. The maximum Gasteiger partial charge on any atom is -0.0250 e. The van der Waals surface area contributed by atoms with E-state index in [1.165, 1.54) is 50.5 Å². The largest absolute Gasteiger partial charge is 0.0622 e. The van der Waals surface area contributed by atoms with Crippen LogP contribution in [0.4, 0.5) is 0 Å². The Labute approximate surface area is 87.3 Å². The molecular weight excluding hydrogens is 168 g/mol. The van der Waals surface area contributed by atoms with E-state index < -0.39 is 0 Å². The first-order valence-electron chi connectivity index (χ1n) is 5.99. The van der Waals surface area contributed by atoms with Crippen molar-refractivity contribution in [3.63, 3.8) is 0 Å². The number of rotatable bonds is 2. The van der Waals surface area contributed by atoms with Gasteiger partial charge in [-0.05, 0) is 17.9 Å². The SMILES string of the molecule is c1ccc(CC2CCCCCC2)cc1. The van der Waals surface area contributed by atoms with Gasteiger partial charge in [0.15, 0.2) is 0 Å². The Balaban J connectivity index is 1.90. The van der Waals surface area contributed by atoms with E-state index in [0.717, 1.165) is 5.92 Å². The molecule has 1 saturated carbocycles. The Kier molecular flexibility index (Phi) is 3.62. The zero-order valence-electron chi connectivity index (χ0n) is 8.91. The fraction of sp³-hybridized carbons (Fsp3) is 0.571. The molecule has 0 atom stereocenters. The maximum absolute atomic E-state index is 2.27. The van der Waals surface area contributed by atoms with E-state index in [1.807, 2.05) is 0 Å². The standard InChI is InChI=1S/C14H20/c1-2-5-9-13(8-4-1)12-14-10-6-3-7-11-14/h3,6-7,10-11,13H,1-2,4-5,8-9,12H2. The van der Waals surface area contributed by atoms with Crippen molar-refractivity contribution in [3.8, 4) is 0 Å². The summed E-state index contributed by atoms with van der Waals surface area (Å²) in [5.74, 6) is 0.958. The van der Waals surface area contributed by atoms with Crippen LogP contribution in [0.1, 0.15) is 44.1 Å². The molecule has 0 aromatic heterocycles. The van der Waals surface area contributed by atoms with E-state index in [4.69, 9.17) is 0 Å². The van der Waals surface area contributed by atoms with Crippen LogP contribution in [-0.2, 0) is 6.42 Å². The van der Waals surface area contributed by atoms with Crippen molar-refractivity contribution in [1.82, 2.24) is 0 Å². The number of hydrogen-bond acceptors (Lipinski definition) is 0. The minimum Gasteiger partial charge on any atom is -0.0622 e. The van der Waals surface area contributed by atoms with Crippen LogP contribution in [0.2, 0.25) is 0 Å². The van der Waals surface area contributed by atoms with Crippen molar-refractivity contribution in [2.75, 3.05) is 0 Å². The highest BCUT2D eigenvalue weighted by Crippen LogP contribution is 2.25. The highest BCUT2D eigenvalue weighted by atomic mass is 14.2. The minimum absolute atomic E-state index is 0.958. The molecule has 0 heteroatoms. The second kappa shape index (κ2) is 5.19. The van der Waals surface area contributed by atoms with E-state index in [0.29, 0.717) is 0 Å². The fourth-order valence-electron chi connectivity index (χ4n) is 2.52. The molecule has 0 N–H and O–H groups in total. The monoisotopic (exact) mass is 188 g/mol. The maximum atomic E-state index is 2.27. The molecule has 0 aliphatic heterocycles. The summed E-state index contributed by atoms with van der Waals surface area (Å²) >= 11 is 0. The molecule has 1 aromatic rings. The zero-order chi connectivity index (χ0) is 9.64. The lowest BCUT2D eigenvalue weighted by Crippen LogP contribution is -2.02. The van der Waals surface area contributed by atoms with Crippen LogP contribution < -0.4 is 0 Å². The third-order valence-electron chi connectivity index (χ3n) is 3.34. The first-order valence-corrected chi connectivity index (χ1v) is 5.99. The second-order valence-electron chi connectivity index (χ2n) is 4.55. The van der Waals surface area contributed by atoms with Gasteiger partial charge < -0.3 is 0 Å². The van der Waals surface area contributed by atoms with Crippen molar-refractivity contribution in [2.24, 2.45) is 5.92 Å². The molecule has 1 aliphatic carbocycles. The number of benzene rings is 1. The molecule has 0 amide bonds. The summed E-state index contributed by atoms with van der Waals surface area (Å²) < 4.78 is 0. The van der Waals surface area contributed by atoms with Gasteiger partial charge in [0.05, 0.1) is 0 Å². The van der Waals surface area contributed by atoms with Gasteiger partial charge in [0.2, 0.25) is 0 Å². The summed E-state index contributed by atoms with van der Waals surface area (Å²) in [6.07, 6.45) is 10.1. The summed E-state index contributed by atoms with van der Waals surface area (Å²) in [6.45, 7) is 0. The van der Waals surface area contributed by atoms with E-state index in [1.54, 1.807) is 0 Å². The smallest absolute Gasteiger partial charge is 0.0250 e. The molecule has 0 bridgehead atoms. The minimum atomic E-state index is 0.958. The molecule has 0 saturated heterocycles. The summed E-state index contributed by atoms with van der Waals surface area (Å²) in [5.41, 5.74) is 1.53. The van der Waals surface area contributed by atoms with Gasteiger partial charge in [0, 0.05) is 0 Å². The van der Waals surface area contributed by atoms with Crippen molar-refractivity contribution in [3.05, 3.63) is 35.9 Å². The molecule has 0 unspecified atom stereocenters. The van der Waals surface area contributed by atoms with E-state index in [9.17, 15) is 0 Å². The van der Waals surface area contributed by atoms with Gasteiger partial charge in [0.25, 0.3) is 0 Å². The normalized spacial score (nSPS) is 19.1. The van der Waals surface area contributed by atoms with Gasteiger partial charge in [-0.2, -0.15) is 0 Å². The topological polar surface area (TPSA) is 0 Å². The molecule has 1 aromatic carbocycles. The zero-order valence-corrected chi connectivity index (χ0v) is 8.91. The third kappa shape index (κ3) is 2.87. The van der Waals surface area contributed by atoms with Gasteiger partial charge in [-0.1, -0.05) is 68.9 Å². The molecule has 0 spiro atoms. The van der Waals surface area contributed by atoms with Crippen LogP contribution in [0.5, 0.6) is 0 Å². The van der Waals surface area contributed by atoms with Crippen molar-refractivity contribution < 1.29 is 0 Å². The van der Waals surface area contributed by atoms with Crippen LogP contribution in [0.25, 0.3) is 0 Å². The lowest BCUT2D eigenvalue weighted by molar-refractivity contribution is 0.458. The summed E-state index contributed by atoms with van der Waals surface area (Å²) in [6, 6.07) is 11.0. The molecule has 1 aliphatic rings. The van der Waals surface area contributed by atoms with Gasteiger partial charge in [-0.25, -0.2) is 0 Å². The van der Waals surface area contributed by atoms with E-state index in [-0.39, 0.29) is 0 Å². The first kappa shape index (κ1) is 9.76. The van der Waals surface area contributed by atoms with Crippen molar-refractivity contribution in [2.45, 2.75) is 44.9 Å². The van der Waals surface area contributed by atoms with Gasteiger partial charge in [0.1, 0.15) is 0 Å². The predicted molar refractivity (Wildman–Crippen MR) is 61.3 cm³/mol. The lowest BCUT2D eigenvalue weighted by atomic mass is 9.93. The Bertz CT molecular complexity index is 242. The third-order valence-corrected chi connectivity index (χ3v) is 3.34. The average Bonchev–Trinajstić information content (AvgIpc) is 2.48. The van der Waals surface area contributed by atoms with Gasteiger partial charge >= 0.3 is 0 Å². The Morgan fingerprint density at radius 1 is 0.857 bits per heavy atom. The van der Waals surface area contributed by atoms with Crippen molar-refractivity contribution in [1.29, 1.82) is 0 Å². The van der Waals surface area contributed by atoms with Crippen LogP contribution in [-0.4, -0.2) is 0 Å². The van der Waals surface area contributed by atoms with Gasteiger partial charge in [-0.15, -0.1) is 0 Å². The predicted octanol–water partition coefficient (Wildman–Crippen LogP) is 4.20. The quantitative estimate of drug-likeness (QED) is 0.610. The van der Waals surface area contributed by atoms with Crippen LogP contribution in [0.15, 0.2) is 30.3 Å². The molecule has 76 valence electrons. The second-order valence-corrected chi connectivity index (χ2v) is 4.55. The molecule has 1 fully saturated rings. The van der Waals surface area contributed by atoms with Crippen molar-refractivity contribution >= 4 is 0 Å². The molecule has 2 rings (SSSR count). The summed E-state index contributed by atoms with van der Waals surface area (Å²) in [5, 5.41) is 0. The lowest BCUT2D eigenvalue weighted by Gasteiger charge is -2.13. The molecule has 0 heterocycles. The molecule has 0 nitrogen and oxygen atoms in total. The average molecular weight is 188 g/mol. The van der Waals surface area contributed by atoms with Gasteiger partial charge in [-0.3, -0.25) is 0 Å². The van der Waals surface area contributed by atoms with Crippen LogP contribution >= 0.6 is 0 Å². The molecular formula is C14H20. The molecule has 0 radical (unpaired) electrons. The first-order chi connectivity index (χ1) is 6.95. The highest BCUT2D eigenvalue weighted by Gasteiger charge is 2.12. The van der Waals surface area contributed by atoms with E-state index >= 15 is 0 Å². The number of hydrogen-bond donors (Lipinski definition) is 0. The highest BCUT2D eigenvalue weighted by molar-refractivity contribution is 5.15. The molecule has 14 heavy (non-hydrogen) atoms. The van der Waals surface area contributed by atoms with E-state index in [2.05, 4.69) is 30.3 Å². The fourth-order valence-corrected chi connectivity index (χ4v) is 2.52. The summed E-state index contributed by atoms with van der Waals surface area (Å²) in [7, 11) is 0. The Morgan fingerprint density at radius 2 is 1.50 bits per heavy atom.